The maximum absolute atomic E-state index is 12.0. The Bertz CT molecular complexity index is 897. The first-order valence-electron chi connectivity index (χ1n) is 9.53. The fraction of sp³-hybridized carbons (Fsp3) is 0.318. The third kappa shape index (κ3) is 7.40. The predicted octanol–water partition coefficient (Wildman–Crippen LogP) is 3.56. The standard InChI is InChI=1S/C22H24ClNO6/c1-2-30-22(29)13-17(24-20(26)9-10-21(27)28)11-14-3-5-15(6-4-14)18-12-16(23)7-8-19(18)25/h3-8,12,17,25H,2,9-11,13H2,1H3,(H,24,26)(H,27,28)/t17-/m1/s1. The Balaban J connectivity index is 2.11. The van der Waals surface area contributed by atoms with Gasteiger partial charge in [0.05, 0.1) is 19.4 Å². The van der Waals surface area contributed by atoms with Crippen LogP contribution in [0.25, 0.3) is 11.1 Å². The number of carboxylic acids is 1. The molecule has 0 saturated carbocycles. The first kappa shape index (κ1) is 23.2. The van der Waals surface area contributed by atoms with Gasteiger partial charge in [-0.25, -0.2) is 0 Å². The molecule has 0 aromatic heterocycles. The van der Waals surface area contributed by atoms with E-state index >= 15 is 0 Å². The van der Waals surface area contributed by atoms with Crippen molar-refractivity contribution in [1.82, 2.24) is 5.32 Å². The van der Waals surface area contributed by atoms with Crippen LogP contribution in [-0.4, -0.2) is 40.7 Å². The van der Waals surface area contributed by atoms with Crippen molar-refractivity contribution in [3.8, 4) is 16.9 Å². The zero-order valence-corrected chi connectivity index (χ0v) is 17.3. The van der Waals surface area contributed by atoms with Gasteiger partial charge in [0.2, 0.25) is 5.91 Å². The van der Waals surface area contributed by atoms with E-state index in [1.807, 2.05) is 24.3 Å². The molecule has 1 atom stereocenters. The molecule has 3 N–H and O–H groups in total. The number of aromatic hydroxyl groups is 1. The molecule has 0 fully saturated rings. The molecule has 160 valence electrons. The van der Waals surface area contributed by atoms with E-state index in [0.717, 1.165) is 11.1 Å². The number of esters is 1. The van der Waals surface area contributed by atoms with Gasteiger partial charge in [-0.15, -0.1) is 0 Å². The fourth-order valence-electron chi connectivity index (χ4n) is 2.96. The van der Waals surface area contributed by atoms with E-state index in [2.05, 4.69) is 5.32 Å². The van der Waals surface area contributed by atoms with E-state index in [-0.39, 0.29) is 31.6 Å². The van der Waals surface area contributed by atoms with E-state index in [0.29, 0.717) is 17.0 Å². The molecule has 2 aromatic rings. The van der Waals surface area contributed by atoms with Gasteiger partial charge in [0, 0.05) is 23.0 Å². The highest BCUT2D eigenvalue weighted by Gasteiger charge is 2.18. The molecule has 7 nitrogen and oxygen atoms in total. The fourth-order valence-corrected chi connectivity index (χ4v) is 3.13. The Morgan fingerprint density at radius 2 is 1.80 bits per heavy atom. The Labute approximate surface area is 179 Å². The summed E-state index contributed by atoms with van der Waals surface area (Å²) in [5, 5.41) is 22.0. The SMILES string of the molecule is CCOC(=O)C[C@@H](Cc1ccc(-c2cc(Cl)ccc2O)cc1)NC(=O)CCC(=O)O. The van der Waals surface area contributed by atoms with Gasteiger partial charge >= 0.3 is 11.9 Å². The summed E-state index contributed by atoms with van der Waals surface area (Å²) in [6.07, 6.45) is -0.111. The van der Waals surface area contributed by atoms with Crippen molar-refractivity contribution >= 4 is 29.4 Å². The highest BCUT2D eigenvalue weighted by atomic mass is 35.5. The van der Waals surface area contributed by atoms with E-state index in [4.69, 9.17) is 21.4 Å². The number of aliphatic carboxylic acids is 1. The number of hydrogen-bond donors (Lipinski definition) is 3. The number of benzene rings is 2. The predicted molar refractivity (Wildman–Crippen MR) is 112 cm³/mol. The molecule has 0 spiro atoms. The molecule has 0 saturated heterocycles. The van der Waals surface area contributed by atoms with Crippen LogP contribution in [0.4, 0.5) is 0 Å². The van der Waals surface area contributed by atoms with Crippen molar-refractivity contribution in [2.45, 2.75) is 38.6 Å². The van der Waals surface area contributed by atoms with Crippen molar-refractivity contribution in [3.63, 3.8) is 0 Å². The molecule has 0 heterocycles. The van der Waals surface area contributed by atoms with Crippen molar-refractivity contribution in [2.24, 2.45) is 0 Å². The molecule has 0 aliphatic heterocycles. The quantitative estimate of drug-likeness (QED) is 0.494. The monoisotopic (exact) mass is 433 g/mol. The summed E-state index contributed by atoms with van der Waals surface area (Å²) in [5.74, 6) is -1.83. The molecule has 30 heavy (non-hydrogen) atoms. The Hall–Kier alpha value is -3.06. The second kappa shape index (κ2) is 11.2. The van der Waals surface area contributed by atoms with Gasteiger partial charge in [-0.3, -0.25) is 14.4 Å². The van der Waals surface area contributed by atoms with Crippen LogP contribution in [0.1, 0.15) is 31.7 Å². The number of nitrogens with one attached hydrogen (secondary N) is 1. The molecule has 0 bridgehead atoms. The second-order valence-electron chi connectivity index (χ2n) is 6.73. The van der Waals surface area contributed by atoms with Gasteiger partial charge in [0.1, 0.15) is 5.75 Å². The smallest absolute Gasteiger partial charge is 0.307 e. The lowest BCUT2D eigenvalue weighted by Crippen LogP contribution is -2.38. The molecule has 0 radical (unpaired) electrons. The molecule has 0 aliphatic carbocycles. The highest BCUT2D eigenvalue weighted by Crippen LogP contribution is 2.31. The number of ether oxygens (including phenoxy) is 1. The van der Waals surface area contributed by atoms with Crippen LogP contribution in [0, 0.1) is 0 Å². The Kier molecular flexibility index (Phi) is 8.68. The number of amides is 1. The van der Waals surface area contributed by atoms with Crippen LogP contribution in [0.3, 0.4) is 0 Å². The molecular formula is C22H24ClNO6. The van der Waals surface area contributed by atoms with Crippen LogP contribution in [0.5, 0.6) is 5.75 Å². The Morgan fingerprint density at radius 3 is 2.43 bits per heavy atom. The zero-order chi connectivity index (χ0) is 22.1. The lowest BCUT2D eigenvalue weighted by molar-refractivity contribution is -0.144. The summed E-state index contributed by atoms with van der Waals surface area (Å²) in [6, 6.07) is 11.5. The molecule has 0 unspecified atom stereocenters. The summed E-state index contributed by atoms with van der Waals surface area (Å²) < 4.78 is 4.97. The Morgan fingerprint density at radius 1 is 1.10 bits per heavy atom. The summed E-state index contributed by atoms with van der Waals surface area (Å²) in [5.41, 5.74) is 2.22. The second-order valence-corrected chi connectivity index (χ2v) is 7.17. The van der Waals surface area contributed by atoms with E-state index in [9.17, 15) is 19.5 Å². The van der Waals surface area contributed by atoms with Crippen LogP contribution >= 0.6 is 11.6 Å². The average Bonchev–Trinajstić information content (AvgIpc) is 2.69. The third-order valence-electron chi connectivity index (χ3n) is 4.36. The van der Waals surface area contributed by atoms with Gasteiger partial charge in [0.15, 0.2) is 0 Å². The minimum atomic E-state index is -1.06. The van der Waals surface area contributed by atoms with Crippen molar-refractivity contribution in [3.05, 3.63) is 53.1 Å². The largest absolute Gasteiger partial charge is 0.507 e. The molecular weight excluding hydrogens is 410 g/mol. The van der Waals surface area contributed by atoms with Crippen molar-refractivity contribution in [1.29, 1.82) is 0 Å². The normalized spacial score (nSPS) is 11.5. The zero-order valence-electron chi connectivity index (χ0n) is 16.6. The number of carbonyl (C=O) groups is 3. The van der Waals surface area contributed by atoms with E-state index in [1.165, 1.54) is 6.07 Å². The van der Waals surface area contributed by atoms with Gasteiger partial charge in [-0.1, -0.05) is 35.9 Å². The minimum absolute atomic E-state index is 0.0243. The van der Waals surface area contributed by atoms with Gasteiger partial charge < -0.3 is 20.3 Å². The van der Waals surface area contributed by atoms with Crippen LogP contribution in [0.2, 0.25) is 5.02 Å². The summed E-state index contributed by atoms with van der Waals surface area (Å²) in [4.78, 5) is 34.6. The van der Waals surface area contributed by atoms with Crippen LogP contribution in [0.15, 0.2) is 42.5 Å². The van der Waals surface area contributed by atoms with Gasteiger partial charge in [0.25, 0.3) is 0 Å². The van der Waals surface area contributed by atoms with Crippen LogP contribution in [-0.2, 0) is 25.5 Å². The number of halogens is 1. The number of rotatable bonds is 10. The number of carbonyl (C=O) groups excluding carboxylic acids is 2. The average molecular weight is 434 g/mol. The molecule has 2 rings (SSSR count). The van der Waals surface area contributed by atoms with Crippen molar-refractivity contribution < 1.29 is 29.3 Å². The third-order valence-corrected chi connectivity index (χ3v) is 4.59. The maximum atomic E-state index is 12.0. The van der Waals surface area contributed by atoms with Gasteiger partial charge in [-0.2, -0.15) is 0 Å². The van der Waals surface area contributed by atoms with Crippen LogP contribution < -0.4 is 5.32 Å². The number of phenols is 1. The summed E-state index contributed by atoms with van der Waals surface area (Å²) in [7, 11) is 0. The minimum Gasteiger partial charge on any atom is -0.507 e. The van der Waals surface area contributed by atoms with Gasteiger partial charge in [-0.05, 0) is 42.7 Å². The first-order valence-corrected chi connectivity index (χ1v) is 9.91. The van der Waals surface area contributed by atoms with E-state index in [1.54, 1.807) is 19.1 Å². The lowest BCUT2D eigenvalue weighted by atomic mass is 9.98. The first-order chi connectivity index (χ1) is 14.3. The summed E-state index contributed by atoms with van der Waals surface area (Å²) >= 11 is 6.00. The maximum Gasteiger partial charge on any atom is 0.307 e. The number of hydrogen-bond acceptors (Lipinski definition) is 5. The molecule has 0 aliphatic rings. The molecule has 1 amide bonds. The number of carboxylic acid groups (broad SMARTS) is 1. The molecule has 2 aromatic carbocycles. The highest BCUT2D eigenvalue weighted by molar-refractivity contribution is 6.31. The molecule has 8 heteroatoms. The topological polar surface area (TPSA) is 113 Å². The summed E-state index contributed by atoms with van der Waals surface area (Å²) in [6.45, 7) is 1.93. The number of phenolic OH excluding ortho intramolecular Hbond substituents is 1. The van der Waals surface area contributed by atoms with Crippen molar-refractivity contribution in [2.75, 3.05) is 6.61 Å². The van der Waals surface area contributed by atoms with E-state index < -0.39 is 23.9 Å². The lowest BCUT2D eigenvalue weighted by Gasteiger charge is -2.18.